The van der Waals surface area contributed by atoms with Gasteiger partial charge in [0.15, 0.2) is 0 Å². The van der Waals surface area contributed by atoms with Crippen LogP contribution in [-0.2, 0) is 15.0 Å². The number of pyridine rings is 1. The highest BCUT2D eigenvalue weighted by Crippen LogP contribution is 2.42. The molecule has 34 heavy (non-hydrogen) atoms. The fraction of sp³-hybridized carbons (Fsp3) is 0.250. The Morgan fingerprint density at radius 2 is 1.59 bits per heavy atom. The van der Waals surface area contributed by atoms with E-state index in [0.717, 1.165) is 5.56 Å². The minimum absolute atomic E-state index is 0.0419. The van der Waals surface area contributed by atoms with Crippen LogP contribution in [0, 0.1) is 0 Å². The zero-order valence-corrected chi connectivity index (χ0v) is 19.8. The zero-order chi connectivity index (χ0) is 24.5. The number of nitrogens with zero attached hydrogens (tertiary/aromatic N) is 2. The van der Waals surface area contributed by atoms with Gasteiger partial charge in [-0.1, -0.05) is 32.9 Å². The van der Waals surface area contributed by atoms with Crippen molar-refractivity contribution >= 4 is 23.1 Å². The van der Waals surface area contributed by atoms with Crippen LogP contribution in [0.3, 0.4) is 0 Å². The lowest BCUT2D eigenvalue weighted by Crippen LogP contribution is -2.29. The van der Waals surface area contributed by atoms with Crippen molar-refractivity contribution < 1.29 is 19.4 Å². The molecule has 174 valence electrons. The summed E-state index contributed by atoms with van der Waals surface area (Å²) < 4.78 is 5.47. The number of aromatic nitrogens is 1. The third-order valence-electron chi connectivity index (χ3n) is 5.92. The molecule has 1 unspecified atom stereocenters. The number of amides is 1. The molecule has 1 fully saturated rings. The van der Waals surface area contributed by atoms with Gasteiger partial charge in [-0.05, 0) is 72.0 Å². The van der Waals surface area contributed by atoms with Crippen LogP contribution in [0.1, 0.15) is 50.4 Å². The molecule has 1 atom stereocenters. The molecule has 4 rings (SSSR count). The molecule has 1 aliphatic rings. The van der Waals surface area contributed by atoms with Crippen LogP contribution in [0.2, 0.25) is 0 Å². The van der Waals surface area contributed by atoms with E-state index >= 15 is 0 Å². The van der Waals surface area contributed by atoms with Crippen LogP contribution < -0.4 is 9.64 Å². The van der Waals surface area contributed by atoms with Gasteiger partial charge in [0.1, 0.15) is 11.5 Å². The van der Waals surface area contributed by atoms with E-state index < -0.39 is 17.7 Å². The molecule has 6 nitrogen and oxygen atoms in total. The highest BCUT2D eigenvalue weighted by molar-refractivity contribution is 6.51. The number of benzene rings is 2. The minimum atomic E-state index is -0.782. The smallest absolute Gasteiger partial charge is 0.300 e. The molecule has 6 heteroatoms. The van der Waals surface area contributed by atoms with Crippen LogP contribution in [0.15, 0.2) is 78.6 Å². The van der Waals surface area contributed by atoms with Crippen molar-refractivity contribution in [2.24, 2.45) is 0 Å². The summed E-state index contributed by atoms with van der Waals surface area (Å²) in [5.74, 6) is -0.980. The Bertz CT molecular complexity index is 1220. The standard InChI is InChI=1S/C28H28N2O4/c1-5-34-22-12-6-19(7-13-22)25(31)23-24(18-14-16-29-17-15-18)30(27(33)26(23)32)21-10-8-20(9-11-21)28(2,3)4/h6-17,24,31H,5H2,1-4H3/b25-23+. The Morgan fingerprint density at radius 3 is 2.15 bits per heavy atom. The molecular formula is C28H28N2O4. The van der Waals surface area contributed by atoms with Gasteiger partial charge in [0.05, 0.1) is 18.2 Å². The van der Waals surface area contributed by atoms with Gasteiger partial charge in [-0.3, -0.25) is 19.5 Å². The molecule has 1 aliphatic heterocycles. The minimum Gasteiger partial charge on any atom is -0.507 e. The summed E-state index contributed by atoms with van der Waals surface area (Å²) >= 11 is 0. The van der Waals surface area contributed by atoms with Crippen molar-refractivity contribution in [2.45, 2.75) is 39.2 Å². The number of Topliss-reactive ketones (excluding diaryl/α,β-unsaturated/α-hetero) is 1. The Kier molecular flexibility index (Phi) is 6.24. The van der Waals surface area contributed by atoms with E-state index in [1.54, 1.807) is 48.8 Å². The fourth-order valence-corrected chi connectivity index (χ4v) is 4.11. The highest BCUT2D eigenvalue weighted by Gasteiger charge is 2.47. The maximum atomic E-state index is 13.3. The van der Waals surface area contributed by atoms with Crippen molar-refractivity contribution in [3.05, 3.63) is 95.3 Å². The van der Waals surface area contributed by atoms with Crippen molar-refractivity contribution in [3.8, 4) is 5.75 Å². The second-order valence-corrected chi connectivity index (χ2v) is 9.20. The van der Waals surface area contributed by atoms with Crippen molar-refractivity contribution in [2.75, 3.05) is 11.5 Å². The molecule has 0 radical (unpaired) electrons. The van der Waals surface area contributed by atoms with E-state index in [-0.39, 0.29) is 16.7 Å². The quantitative estimate of drug-likeness (QED) is 0.316. The fourth-order valence-electron chi connectivity index (χ4n) is 4.11. The van der Waals surface area contributed by atoms with E-state index in [4.69, 9.17) is 4.74 Å². The molecule has 0 spiro atoms. The van der Waals surface area contributed by atoms with Gasteiger partial charge < -0.3 is 9.84 Å². The number of hydrogen-bond acceptors (Lipinski definition) is 5. The average molecular weight is 457 g/mol. The second-order valence-electron chi connectivity index (χ2n) is 9.20. The first-order valence-electron chi connectivity index (χ1n) is 11.3. The molecule has 0 aliphatic carbocycles. The number of aliphatic hydroxyl groups excluding tert-OH is 1. The number of carbonyl (C=O) groups is 2. The van der Waals surface area contributed by atoms with E-state index in [0.29, 0.717) is 29.2 Å². The largest absolute Gasteiger partial charge is 0.507 e. The van der Waals surface area contributed by atoms with Gasteiger partial charge in [-0.25, -0.2) is 0 Å². The molecule has 1 saturated heterocycles. The summed E-state index contributed by atoms with van der Waals surface area (Å²) in [5.41, 5.74) is 2.81. The highest BCUT2D eigenvalue weighted by atomic mass is 16.5. The number of aliphatic hydroxyl groups is 1. The summed E-state index contributed by atoms with van der Waals surface area (Å²) in [5, 5.41) is 11.2. The van der Waals surface area contributed by atoms with Gasteiger partial charge >= 0.3 is 0 Å². The number of anilines is 1. The van der Waals surface area contributed by atoms with Crippen molar-refractivity contribution in [1.29, 1.82) is 0 Å². The Morgan fingerprint density at radius 1 is 0.971 bits per heavy atom. The first-order chi connectivity index (χ1) is 16.2. The first-order valence-corrected chi connectivity index (χ1v) is 11.3. The molecule has 1 N–H and O–H groups in total. The van der Waals surface area contributed by atoms with Crippen molar-refractivity contribution in [3.63, 3.8) is 0 Å². The van der Waals surface area contributed by atoms with E-state index in [1.165, 1.54) is 4.90 Å². The van der Waals surface area contributed by atoms with Crippen LogP contribution in [0.5, 0.6) is 5.75 Å². The summed E-state index contributed by atoms with van der Waals surface area (Å²) in [6.07, 6.45) is 3.21. The van der Waals surface area contributed by atoms with Crippen LogP contribution in [0.4, 0.5) is 5.69 Å². The van der Waals surface area contributed by atoms with Gasteiger partial charge in [0.25, 0.3) is 11.7 Å². The van der Waals surface area contributed by atoms with Crippen LogP contribution in [-0.4, -0.2) is 28.4 Å². The second kappa shape index (κ2) is 9.14. The van der Waals surface area contributed by atoms with E-state index in [9.17, 15) is 14.7 Å². The number of rotatable bonds is 5. The molecule has 3 aromatic rings. The number of hydrogen-bond donors (Lipinski definition) is 1. The predicted octanol–water partition coefficient (Wildman–Crippen LogP) is 5.40. The molecule has 1 amide bonds. The van der Waals surface area contributed by atoms with Crippen LogP contribution in [0.25, 0.3) is 5.76 Å². The summed E-state index contributed by atoms with van der Waals surface area (Å²) in [4.78, 5) is 32.0. The maximum Gasteiger partial charge on any atom is 0.300 e. The number of carbonyl (C=O) groups excluding carboxylic acids is 2. The lowest BCUT2D eigenvalue weighted by molar-refractivity contribution is -0.132. The van der Waals surface area contributed by atoms with E-state index in [2.05, 4.69) is 25.8 Å². The third-order valence-corrected chi connectivity index (χ3v) is 5.92. The van der Waals surface area contributed by atoms with Gasteiger partial charge in [0, 0.05) is 23.6 Å². The van der Waals surface area contributed by atoms with Crippen LogP contribution >= 0.6 is 0 Å². The Balaban J connectivity index is 1.84. The zero-order valence-electron chi connectivity index (χ0n) is 19.8. The van der Waals surface area contributed by atoms with Gasteiger partial charge in [-0.2, -0.15) is 0 Å². The molecule has 1 aromatic heterocycles. The van der Waals surface area contributed by atoms with E-state index in [1.807, 2.05) is 31.2 Å². The summed E-state index contributed by atoms with van der Waals surface area (Å²) in [6.45, 7) is 8.75. The molecule has 2 aromatic carbocycles. The predicted molar refractivity (Wildman–Crippen MR) is 132 cm³/mol. The summed E-state index contributed by atoms with van der Waals surface area (Å²) in [7, 11) is 0. The SMILES string of the molecule is CCOc1ccc(/C(O)=C2\C(=O)C(=O)N(c3ccc(C(C)(C)C)cc3)C2c2ccncc2)cc1. The molecular weight excluding hydrogens is 428 g/mol. The van der Waals surface area contributed by atoms with Gasteiger partial charge in [-0.15, -0.1) is 0 Å². The third kappa shape index (κ3) is 4.31. The Labute approximate surface area is 199 Å². The lowest BCUT2D eigenvalue weighted by Gasteiger charge is -2.26. The molecule has 0 saturated carbocycles. The number of ether oxygens (including phenoxy) is 1. The topological polar surface area (TPSA) is 79.7 Å². The Hall–Kier alpha value is -3.93. The van der Waals surface area contributed by atoms with Crippen molar-refractivity contribution in [1.82, 2.24) is 4.98 Å². The lowest BCUT2D eigenvalue weighted by atomic mass is 9.87. The summed E-state index contributed by atoms with van der Waals surface area (Å²) in [6, 6.07) is 17.1. The average Bonchev–Trinajstić information content (AvgIpc) is 3.10. The monoisotopic (exact) mass is 456 g/mol. The molecule has 2 heterocycles. The molecule has 0 bridgehead atoms. The first kappa shape index (κ1) is 23.2. The normalized spacial score (nSPS) is 17.8. The van der Waals surface area contributed by atoms with Gasteiger partial charge in [0.2, 0.25) is 0 Å². The maximum absolute atomic E-state index is 13.3. The number of ketones is 1.